The van der Waals surface area contributed by atoms with Crippen LogP contribution in [0, 0.1) is 0 Å². The van der Waals surface area contributed by atoms with Gasteiger partial charge in [0, 0.05) is 0 Å². The van der Waals surface area contributed by atoms with Crippen molar-refractivity contribution in [1.82, 2.24) is 0 Å². The van der Waals surface area contributed by atoms with Crippen molar-refractivity contribution in [2.75, 3.05) is 0 Å². The molecule has 0 amide bonds. The van der Waals surface area contributed by atoms with Crippen LogP contribution in [0.2, 0.25) is 0 Å². The van der Waals surface area contributed by atoms with Crippen LogP contribution in [-0.4, -0.2) is 14.7 Å². The molecule has 56 valence electrons. The van der Waals surface area contributed by atoms with Gasteiger partial charge in [0.15, 0.2) is 0 Å². The Labute approximate surface area is 54.1 Å². The lowest BCUT2D eigenvalue weighted by Gasteiger charge is -1.82. The average molecular weight is 154 g/mol. The van der Waals surface area contributed by atoms with E-state index in [1.54, 1.807) is 0 Å². The summed E-state index contributed by atoms with van der Waals surface area (Å²) in [5.74, 6) is 0. The Morgan fingerprint density at radius 1 is 1.11 bits per heavy atom. The van der Waals surface area contributed by atoms with Gasteiger partial charge in [-0.15, -0.1) is 0 Å². The summed E-state index contributed by atoms with van der Waals surface area (Å²) >= 11 is 0. The van der Waals surface area contributed by atoms with Crippen molar-refractivity contribution in [3.63, 3.8) is 0 Å². The highest BCUT2D eigenvalue weighted by atomic mass is 31.2. The molecule has 0 aliphatic rings. The second kappa shape index (κ2) is 5.98. The highest BCUT2D eigenvalue weighted by molar-refractivity contribution is 7.45. The van der Waals surface area contributed by atoms with E-state index in [1.807, 2.05) is 26.0 Å². The van der Waals surface area contributed by atoms with Crippen molar-refractivity contribution in [2.45, 2.75) is 13.8 Å². The SMILES string of the molecule is CC=CC.O=P(O)(O)O. The Hall–Kier alpha value is -0.150. The number of hydrogen-bond acceptors (Lipinski definition) is 1. The molecule has 0 fully saturated rings. The Morgan fingerprint density at radius 2 is 1.22 bits per heavy atom. The molecule has 0 unspecified atom stereocenters. The third-order valence-corrected chi connectivity index (χ3v) is 0.333. The molecule has 0 bridgehead atoms. The Kier molecular flexibility index (Phi) is 7.72. The van der Waals surface area contributed by atoms with Gasteiger partial charge in [0.1, 0.15) is 0 Å². The van der Waals surface area contributed by atoms with Crippen molar-refractivity contribution >= 4 is 7.82 Å². The fourth-order valence-corrected chi connectivity index (χ4v) is 0. The molecule has 5 heteroatoms. The molecule has 0 aromatic heterocycles. The molecule has 0 aromatic rings. The van der Waals surface area contributed by atoms with Gasteiger partial charge in [-0.3, -0.25) is 0 Å². The predicted octanol–water partition coefficient (Wildman–Crippen LogP) is 0.654. The molecule has 0 atom stereocenters. The number of rotatable bonds is 0. The normalized spacial score (nSPS) is 10.8. The van der Waals surface area contributed by atoms with Gasteiger partial charge in [0.25, 0.3) is 0 Å². The van der Waals surface area contributed by atoms with Crippen LogP contribution >= 0.6 is 7.82 Å². The van der Waals surface area contributed by atoms with Gasteiger partial charge in [0.2, 0.25) is 0 Å². The molecule has 0 aliphatic carbocycles. The van der Waals surface area contributed by atoms with E-state index in [2.05, 4.69) is 0 Å². The Morgan fingerprint density at radius 3 is 1.22 bits per heavy atom. The third kappa shape index (κ3) is 372. The third-order valence-electron chi connectivity index (χ3n) is 0.333. The molecule has 0 saturated carbocycles. The lowest BCUT2D eigenvalue weighted by atomic mass is 10.6. The first-order valence-electron chi connectivity index (χ1n) is 2.27. The van der Waals surface area contributed by atoms with Gasteiger partial charge < -0.3 is 14.7 Å². The van der Waals surface area contributed by atoms with Crippen molar-refractivity contribution in [2.24, 2.45) is 0 Å². The molecule has 0 spiro atoms. The molecule has 0 rings (SSSR count). The van der Waals surface area contributed by atoms with Crippen LogP contribution in [0.25, 0.3) is 0 Å². The molecule has 0 saturated heterocycles. The molecular weight excluding hydrogens is 143 g/mol. The summed E-state index contributed by atoms with van der Waals surface area (Å²) in [5, 5.41) is 0. The summed E-state index contributed by atoms with van der Waals surface area (Å²) in [6, 6.07) is 0. The van der Waals surface area contributed by atoms with Crippen molar-refractivity contribution in [3.8, 4) is 0 Å². The van der Waals surface area contributed by atoms with Crippen LogP contribution < -0.4 is 0 Å². The molecule has 0 radical (unpaired) electrons. The lowest BCUT2D eigenvalue weighted by Crippen LogP contribution is -1.66. The topological polar surface area (TPSA) is 77.8 Å². The maximum absolute atomic E-state index is 8.88. The number of phosphoric acid groups is 1. The first-order chi connectivity index (χ1) is 3.91. The van der Waals surface area contributed by atoms with E-state index >= 15 is 0 Å². The van der Waals surface area contributed by atoms with Crippen LogP contribution in [0.1, 0.15) is 13.8 Å². The highest BCUT2D eigenvalue weighted by Crippen LogP contribution is 2.25. The van der Waals surface area contributed by atoms with Gasteiger partial charge in [-0.1, -0.05) is 12.2 Å². The Balaban J connectivity index is 0. The molecule has 0 heterocycles. The minimum Gasteiger partial charge on any atom is -0.303 e. The van der Waals surface area contributed by atoms with E-state index in [0.717, 1.165) is 0 Å². The molecule has 3 N–H and O–H groups in total. The second-order valence-corrected chi connectivity index (χ2v) is 2.21. The number of allylic oxidation sites excluding steroid dienone is 2. The smallest absolute Gasteiger partial charge is 0.303 e. The van der Waals surface area contributed by atoms with E-state index < -0.39 is 7.82 Å². The van der Waals surface area contributed by atoms with Gasteiger partial charge in [0.05, 0.1) is 0 Å². The first-order valence-corrected chi connectivity index (χ1v) is 3.84. The summed E-state index contributed by atoms with van der Waals surface area (Å²) in [4.78, 5) is 21.6. The van der Waals surface area contributed by atoms with E-state index in [0.29, 0.717) is 0 Å². The van der Waals surface area contributed by atoms with E-state index in [9.17, 15) is 0 Å². The van der Waals surface area contributed by atoms with E-state index in [4.69, 9.17) is 19.2 Å². The van der Waals surface area contributed by atoms with Crippen LogP contribution in [0.15, 0.2) is 12.2 Å². The fourth-order valence-electron chi connectivity index (χ4n) is 0. The monoisotopic (exact) mass is 154 g/mol. The minimum atomic E-state index is -4.64. The van der Waals surface area contributed by atoms with Crippen LogP contribution in [0.4, 0.5) is 0 Å². The van der Waals surface area contributed by atoms with Gasteiger partial charge in [-0.25, -0.2) is 4.57 Å². The zero-order chi connectivity index (χ0) is 7.91. The van der Waals surface area contributed by atoms with Crippen molar-refractivity contribution in [1.29, 1.82) is 0 Å². The maximum Gasteiger partial charge on any atom is 0.466 e. The second-order valence-electron chi connectivity index (χ2n) is 1.18. The average Bonchev–Trinajstić information content (AvgIpc) is 1.61. The first kappa shape index (κ1) is 11.6. The Bertz CT molecular complexity index is 101. The minimum absolute atomic E-state index is 2.00. The van der Waals surface area contributed by atoms with Crippen molar-refractivity contribution < 1.29 is 19.2 Å². The van der Waals surface area contributed by atoms with E-state index in [-0.39, 0.29) is 0 Å². The predicted molar refractivity (Wildman–Crippen MR) is 34.8 cm³/mol. The largest absolute Gasteiger partial charge is 0.466 e. The fraction of sp³-hybridized carbons (Fsp3) is 0.500. The molecule has 0 aliphatic heterocycles. The zero-order valence-electron chi connectivity index (χ0n) is 5.35. The van der Waals surface area contributed by atoms with Gasteiger partial charge in [-0.05, 0) is 13.8 Å². The van der Waals surface area contributed by atoms with Gasteiger partial charge >= 0.3 is 7.82 Å². The van der Waals surface area contributed by atoms with Crippen LogP contribution in [0.3, 0.4) is 0 Å². The number of hydrogen-bond donors (Lipinski definition) is 3. The molecule has 9 heavy (non-hydrogen) atoms. The van der Waals surface area contributed by atoms with E-state index in [1.165, 1.54) is 0 Å². The molecule has 0 aromatic carbocycles. The molecular formula is C4H11O4P. The quantitative estimate of drug-likeness (QED) is 0.353. The van der Waals surface area contributed by atoms with Crippen LogP contribution in [-0.2, 0) is 4.57 Å². The van der Waals surface area contributed by atoms with Crippen molar-refractivity contribution in [3.05, 3.63) is 12.2 Å². The van der Waals surface area contributed by atoms with Gasteiger partial charge in [-0.2, -0.15) is 0 Å². The molecule has 4 nitrogen and oxygen atoms in total. The summed E-state index contributed by atoms with van der Waals surface area (Å²) in [7, 11) is -4.64. The summed E-state index contributed by atoms with van der Waals surface area (Å²) in [5.41, 5.74) is 0. The highest BCUT2D eigenvalue weighted by Gasteiger charge is 2.00. The zero-order valence-corrected chi connectivity index (χ0v) is 6.25. The summed E-state index contributed by atoms with van der Waals surface area (Å²) < 4.78 is 8.88. The maximum atomic E-state index is 8.88. The standard InChI is InChI=1S/C4H8.H3O4P/c1-3-4-2;1-5(2,3)4/h3-4H,1-2H3;(H3,1,2,3,4). The lowest BCUT2D eigenvalue weighted by molar-refractivity contribution is 0.275. The summed E-state index contributed by atoms with van der Waals surface area (Å²) in [6.45, 7) is 4.00. The summed E-state index contributed by atoms with van der Waals surface area (Å²) in [6.07, 6.45) is 4.00. The van der Waals surface area contributed by atoms with Crippen LogP contribution in [0.5, 0.6) is 0 Å².